The van der Waals surface area contributed by atoms with Gasteiger partial charge in [-0.2, -0.15) is 28.2 Å². The predicted octanol–water partition coefficient (Wildman–Crippen LogP) is 2.19. The molecular formula is C33H43Cl3N9O15PS2. The van der Waals surface area contributed by atoms with Gasteiger partial charge < -0.3 is 43.2 Å². The quantitative estimate of drug-likeness (QED) is 0.0635. The van der Waals surface area contributed by atoms with Crippen molar-refractivity contribution in [1.29, 1.82) is 0 Å². The highest BCUT2D eigenvalue weighted by Crippen LogP contribution is 2.33. The number of aromatic nitrogens is 6. The smallest absolute Gasteiger partial charge is 0.442 e. The summed E-state index contributed by atoms with van der Waals surface area (Å²) in [5.74, 6) is -0.720. The summed E-state index contributed by atoms with van der Waals surface area (Å²) in [5.41, 5.74) is -0.882. The molecule has 0 saturated carbocycles. The van der Waals surface area contributed by atoms with E-state index in [4.69, 9.17) is 75.0 Å². The molecule has 1 unspecified atom stereocenters. The number of carbonyl (C=O) groups is 3. The van der Waals surface area contributed by atoms with Crippen molar-refractivity contribution in [1.82, 2.24) is 39.6 Å². The van der Waals surface area contributed by atoms with Gasteiger partial charge in [0.05, 0.1) is 67.6 Å². The highest BCUT2D eigenvalue weighted by molar-refractivity contribution is 7.94. The van der Waals surface area contributed by atoms with Gasteiger partial charge in [0.1, 0.15) is 25.5 Å². The molecule has 3 heterocycles. The van der Waals surface area contributed by atoms with Crippen LogP contribution in [-0.4, -0.2) is 123 Å². The van der Waals surface area contributed by atoms with Crippen LogP contribution in [0.2, 0.25) is 15.2 Å². The Balaban J connectivity index is 0.000000491. The van der Waals surface area contributed by atoms with Gasteiger partial charge in [-0.3, -0.25) is 20.1 Å². The van der Waals surface area contributed by atoms with Crippen molar-refractivity contribution >= 4 is 87.2 Å². The fourth-order valence-corrected chi connectivity index (χ4v) is 6.36. The highest BCUT2D eigenvalue weighted by Gasteiger charge is 2.32. The van der Waals surface area contributed by atoms with E-state index < -0.39 is 75.3 Å². The van der Waals surface area contributed by atoms with E-state index >= 15 is 0 Å². The molecule has 4 rings (SSSR count). The Kier molecular flexibility index (Phi) is 21.9. The molecular weight excluding hydrogens is 964 g/mol. The fourth-order valence-electron chi connectivity index (χ4n) is 3.88. The van der Waals surface area contributed by atoms with Crippen molar-refractivity contribution < 1.29 is 66.0 Å². The maximum atomic E-state index is 12.4. The number of hydrogen-bond acceptors (Lipinski definition) is 17. The fraction of sp³-hybridized carbons (Fsp3) is 0.394. The Morgan fingerprint density at radius 2 is 1.59 bits per heavy atom. The highest BCUT2D eigenvalue weighted by atomic mass is 35.5. The zero-order chi connectivity index (χ0) is 48.6. The first-order valence-corrected chi connectivity index (χ1v) is 23.7. The van der Waals surface area contributed by atoms with Gasteiger partial charge in [-0.15, -0.1) is 11.5 Å². The summed E-state index contributed by atoms with van der Waals surface area (Å²) in [6.07, 6.45) is 11.0. The van der Waals surface area contributed by atoms with Crippen LogP contribution in [0.1, 0.15) is 37.0 Å². The summed E-state index contributed by atoms with van der Waals surface area (Å²) in [5, 5.41) is 28.1. The van der Waals surface area contributed by atoms with Gasteiger partial charge >= 0.3 is 23.7 Å². The summed E-state index contributed by atoms with van der Waals surface area (Å²) in [6, 6.07) is 3.02. The monoisotopic (exact) mass is 1010 g/mol. The number of nitrogens with one attached hydrogen (secondary N) is 3. The largest absolute Gasteiger partial charge is 0.778 e. The van der Waals surface area contributed by atoms with E-state index in [1.165, 1.54) is 32.4 Å². The molecule has 0 aliphatic carbocycles. The molecule has 348 valence electrons. The van der Waals surface area contributed by atoms with E-state index in [1.807, 2.05) is 26.1 Å². The van der Waals surface area contributed by atoms with Gasteiger partial charge in [0.15, 0.2) is 10.2 Å². The summed E-state index contributed by atoms with van der Waals surface area (Å²) in [4.78, 5) is 70.6. The lowest BCUT2D eigenvalue weighted by molar-refractivity contribution is -0.193. The molecule has 6 N–H and O–H groups in total. The number of hydrogen-bond donors (Lipinski definition) is 6. The summed E-state index contributed by atoms with van der Waals surface area (Å²) in [7, 11) is -4.57. The Labute approximate surface area is 378 Å². The first-order chi connectivity index (χ1) is 29.0. The Bertz CT molecular complexity index is 2470. The molecule has 30 heteroatoms. The molecule has 4 aromatic rings. The van der Waals surface area contributed by atoms with Gasteiger partial charge in [0, 0.05) is 18.5 Å². The zero-order valence-electron chi connectivity index (χ0n) is 34.8. The van der Waals surface area contributed by atoms with E-state index in [0.29, 0.717) is 32.9 Å². The minimum atomic E-state index is -4.64. The number of sulfonamides is 1. The number of carbonyl (C=O) groups excluding carboxylic acids is 1. The SMILES string of the molecule is C#CCOc1cc(-n2nc(C(C)(C)C)oc2=O)c(Cl)cc1Cl.COc1cc(OC)nc(NC(=O)NS(=O)(=O)c2c(C(=O)O)c(Cl)nn2C)n1.C[S+](C)C.O=C(O)CNCP(=O)([O-])O. The number of halogens is 3. The average molecular weight is 1010 g/mol. The van der Waals surface area contributed by atoms with Gasteiger partial charge in [0.2, 0.25) is 23.6 Å². The van der Waals surface area contributed by atoms with Crippen LogP contribution in [0.3, 0.4) is 0 Å². The first kappa shape index (κ1) is 55.9. The lowest BCUT2D eigenvalue weighted by atomic mass is 9.97. The molecule has 0 bridgehead atoms. The predicted molar refractivity (Wildman–Crippen MR) is 230 cm³/mol. The second kappa shape index (κ2) is 24.7. The average Bonchev–Trinajstić information content (AvgIpc) is 3.69. The van der Waals surface area contributed by atoms with E-state index in [2.05, 4.69) is 50.2 Å². The topological polar surface area (TPSA) is 342 Å². The number of ether oxygens (including phenoxy) is 3. The minimum Gasteiger partial charge on any atom is -0.778 e. The third-order valence-corrected chi connectivity index (χ3v) is 9.21. The van der Waals surface area contributed by atoms with Crippen molar-refractivity contribution in [2.24, 2.45) is 7.05 Å². The maximum absolute atomic E-state index is 12.4. The first-order valence-electron chi connectivity index (χ1n) is 16.8. The number of nitrogens with zero attached hydrogens (tertiary/aromatic N) is 6. The lowest BCUT2D eigenvalue weighted by Gasteiger charge is -2.14. The number of anilines is 1. The van der Waals surface area contributed by atoms with Crippen LogP contribution in [0, 0.1) is 12.3 Å². The third kappa shape index (κ3) is 19.0. The molecule has 1 atom stereocenters. The van der Waals surface area contributed by atoms with E-state index in [-0.39, 0.29) is 34.4 Å². The number of rotatable bonds is 13. The standard InChI is InChI=1S/C15H14Cl2N2O3.C12H13ClN6O7S.C3H8NO5P.C3H9S/c1-5-6-21-12-8-11(9(16)7-10(12)17)19-14(20)22-13(18-19)15(2,3)4;1-19-9(7(10(20)21)8(13)17-19)27(23,24)18-12(22)16-11-14-5(25-2)4-6(15-11)26-3;5-3(6)1-4-2-10(7,8)9;1-4(2)3/h1,7-8H,6H2,2-4H3;4H,1-3H3,(H,20,21)(H2,14,15,16,18,22);4H,1-2H2,(H,5,6)(H2,7,8,9);1-3H3/q;;;+1/p-1. The summed E-state index contributed by atoms with van der Waals surface area (Å²) < 4.78 is 58.4. The molecule has 2 amide bonds. The van der Waals surface area contributed by atoms with Crippen LogP contribution in [0.25, 0.3) is 5.69 Å². The van der Waals surface area contributed by atoms with E-state index in [9.17, 15) is 37.1 Å². The van der Waals surface area contributed by atoms with Crippen LogP contribution in [0.4, 0.5) is 10.7 Å². The summed E-state index contributed by atoms with van der Waals surface area (Å²) >= 11 is 17.8. The van der Waals surface area contributed by atoms with Gasteiger partial charge in [0.25, 0.3) is 10.0 Å². The van der Waals surface area contributed by atoms with Crippen molar-refractivity contribution in [3.63, 3.8) is 0 Å². The Morgan fingerprint density at radius 3 is 2.03 bits per heavy atom. The number of carboxylic acids is 2. The number of urea groups is 1. The van der Waals surface area contributed by atoms with Crippen LogP contribution in [-0.2, 0) is 42.7 Å². The number of terminal acetylenes is 1. The second-order valence-corrected chi connectivity index (χ2v) is 19.9. The molecule has 0 saturated heterocycles. The molecule has 0 spiro atoms. The van der Waals surface area contributed by atoms with Crippen molar-refractivity contribution in [3.8, 4) is 35.5 Å². The van der Waals surface area contributed by atoms with E-state index in [0.717, 1.165) is 11.7 Å². The minimum absolute atomic E-state index is 0.0434. The summed E-state index contributed by atoms with van der Waals surface area (Å²) in [6.45, 7) is 5.21. The number of aliphatic carboxylic acids is 1. The van der Waals surface area contributed by atoms with E-state index in [1.54, 1.807) is 4.72 Å². The molecule has 63 heavy (non-hydrogen) atoms. The molecule has 0 aliphatic heterocycles. The van der Waals surface area contributed by atoms with Crippen molar-refractivity contribution in [2.75, 3.05) is 57.7 Å². The Morgan fingerprint density at radius 1 is 1.03 bits per heavy atom. The number of methoxy groups -OCH3 is 2. The van der Waals surface area contributed by atoms with Crippen LogP contribution >= 0.6 is 42.4 Å². The van der Waals surface area contributed by atoms with Crippen molar-refractivity contribution in [3.05, 3.63) is 55.4 Å². The van der Waals surface area contributed by atoms with Gasteiger partial charge in [-0.25, -0.2) is 19.1 Å². The van der Waals surface area contributed by atoms with Gasteiger partial charge in [-0.05, 0) is 17.0 Å². The Hall–Kier alpha value is -5.10. The van der Waals surface area contributed by atoms with Crippen LogP contribution in [0.5, 0.6) is 17.5 Å². The number of aryl methyl sites for hydroxylation is 1. The number of amides is 2. The third-order valence-electron chi connectivity index (χ3n) is 6.29. The normalized spacial score (nSPS) is 11.8. The molecule has 0 aliphatic rings. The molecule has 3 aromatic heterocycles. The van der Waals surface area contributed by atoms with Crippen molar-refractivity contribution in [2.45, 2.75) is 31.2 Å². The zero-order valence-corrected chi connectivity index (χ0v) is 39.5. The molecule has 0 radical (unpaired) electrons. The molecule has 0 fully saturated rings. The van der Waals surface area contributed by atoms with Gasteiger partial charge in [-0.1, -0.05) is 61.5 Å². The molecule has 24 nitrogen and oxygen atoms in total. The van der Waals surface area contributed by atoms with Crippen LogP contribution in [0.15, 0.2) is 32.4 Å². The van der Waals surface area contributed by atoms with Crippen LogP contribution < -0.4 is 40.2 Å². The number of benzene rings is 1. The lowest BCUT2D eigenvalue weighted by Crippen LogP contribution is -2.36. The molecule has 1 aromatic carbocycles. The maximum Gasteiger partial charge on any atom is 0.442 e. The number of aromatic carboxylic acids is 1. The second-order valence-electron chi connectivity index (χ2n) is 13.1. The number of carboxylic acid groups (broad SMARTS) is 2.